The summed E-state index contributed by atoms with van der Waals surface area (Å²) in [4.78, 5) is 20.5. The van der Waals surface area contributed by atoms with Gasteiger partial charge in [-0.15, -0.1) is 0 Å². The minimum atomic E-state index is 0.168. The summed E-state index contributed by atoms with van der Waals surface area (Å²) in [6, 6.07) is 3.93. The van der Waals surface area contributed by atoms with Crippen molar-refractivity contribution >= 4 is 5.91 Å². The fourth-order valence-corrected chi connectivity index (χ4v) is 2.14. The topological polar surface area (TPSA) is 48.5 Å². The zero-order valence-electron chi connectivity index (χ0n) is 13.1. The molecule has 1 fully saturated rings. The van der Waals surface area contributed by atoms with Crippen LogP contribution in [-0.2, 0) is 11.3 Å². The molecule has 2 rings (SSSR count). The summed E-state index contributed by atoms with van der Waals surface area (Å²) in [7, 11) is 4.05. The van der Waals surface area contributed by atoms with Crippen LogP contribution < -0.4 is 5.32 Å². The number of rotatable bonds is 9. The fourth-order valence-electron chi connectivity index (χ4n) is 2.14. The van der Waals surface area contributed by atoms with Gasteiger partial charge in [-0.3, -0.25) is 9.78 Å². The molecule has 21 heavy (non-hydrogen) atoms. The van der Waals surface area contributed by atoms with E-state index in [0.717, 1.165) is 31.1 Å². The Bertz CT molecular complexity index is 431. The van der Waals surface area contributed by atoms with Crippen molar-refractivity contribution in [2.24, 2.45) is 5.92 Å². The smallest absolute Gasteiger partial charge is 0.236 e. The Hall–Kier alpha value is -1.46. The predicted octanol–water partition coefficient (Wildman–Crippen LogP) is 0.971. The number of pyridine rings is 1. The third kappa shape index (κ3) is 6.23. The van der Waals surface area contributed by atoms with Gasteiger partial charge >= 0.3 is 0 Å². The first-order valence-corrected chi connectivity index (χ1v) is 7.67. The molecule has 0 aromatic carbocycles. The molecule has 0 aliphatic heterocycles. The first kappa shape index (κ1) is 15.9. The number of nitrogens with zero attached hydrogens (tertiary/aromatic N) is 3. The molecule has 1 aromatic heterocycles. The molecule has 0 spiro atoms. The summed E-state index contributed by atoms with van der Waals surface area (Å²) in [5, 5.41) is 3.28. The summed E-state index contributed by atoms with van der Waals surface area (Å²) >= 11 is 0. The molecule has 1 aromatic rings. The first-order chi connectivity index (χ1) is 10.1. The van der Waals surface area contributed by atoms with Crippen LogP contribution >= 0.6 is 0 Å². The molecule has 0 unspecified atom stereocenters. The van der Waals surface area contributed by atoms with Gasteiger partial charge in [-0.05, 0) is 51.0 Å². The van der Waals surface area contributed by atoms with Gasteiger partial charge in [0, 0.05) is 32.0 Å². The van der Waals surface area contributed by atoms with Crippen molar-refractivity contribution in [3.8, 4) is 0 Å². The van der Waals surface area contributed by atoms with Crippen LogP contribution in [0.1, 0.15) is 18.4 Å². The Kier molecular flexibility index (Phi) is 6.14. The number of carbonyl (C=O) groups excluding carboxylic acids is 1. The summed E-state index contributed by atoms with van der Waals surface area (Å²) in [5.41, 5.74) is 1.08. The minimum absolute atomic E-state index is 0.168. The van der Waals surface area contributed by atoms with Gasteiger partial charge in [0.2, 0.25) is 5.91 Å². The molecular formula is C16H26N4O. The second-order valence-corrected chi connectivity index (χ2v) is 6.05. The summed E-state index contributed by atoms with van der Waals surface area (Å²) < 4.78 is 0. The molecule has 1 N–H and O–H groups in total. The fraction of sp³-hybridized carbons (Fsp3) is 0.625. The monoisotopic (exact) mass is 290 g/mol. The van der Waals surface area contributed by atoms with Crippen LogP contribution in [0, 0.1) is 5.92 Å². The Balaban J connectivity index is 1.84. The van der Waals surface area contributed by atoms with E-state index in [2.05, 4.69) is 15.2 Å². The van der Waals surface area contributed by atoms with E-state index in [1.807, 2.05) is 37.3 Å². The van der Waals surface area contributed by atoms with E-state index < -0.39 is 0 Å². The van der Waals surface area contributed by atoms with Crippen molar-refractivity contribution in [2.45, 2.75) is 19.4 Å². The highest BCUT2D eigenvalue weighted by Crippen LogP contribution is 2.27. The van der Waals surface area contributed by atoms with Gasteiger partial charge in [0.25, 0.3) is 0 Å². The van der Waals surface area contributed by atoms with E-state index in [1.165, 1.54) is 12.8 Å². The van der Waals surface area contributed by atoms with Gasteiger partial charge in [-0.1, -0.05) is 6.07 Å². The standard InChI is InChI=1S/C16H26N4O/c1-19(2)8-9-20(13-15-4-3-7-17-11-15)16(21)12-18-10-14-5-6-14/h3-4,7,11,14,18H,5-6,8-10,12-13H2,1-2H3. The molecular weight excluding hydrogens is 264 g/mol. The van der Waals surface area contributed by atoms with Gasteiger partial charge < -0.3 is 15.1 Å². The normalized spacial score (nSPS) is 14.4. The maximum Gasteiger partial charge on any atom is 0.236 e. The lowest BCUT2D eigenvalue weighted by atomic mass is 10.2. The molecule has 0 bridgehead atoms. The molecule has 1 aliphatic rings. The average molecular weight is 290 g/mol. The van der Waals surface area contributed by atoms with Gasteiger partial charge in [0.05, 0.1) is 6.54 Å². The predicted molar refractivity (Wildman–Crippen MR) is 83.8 cm³/mol. The maximum atomic E-state index is 12.4. The highest BCUT2D eigenvalue weighted by Gasteiger charge is 2.21. The summed E-state index contributed by atoms with van der Waals surface area (Å²) in [6.07, 6.45) is 6.20. The highest BCUT2D eigenvalue weighted by atomic mass is 16.2. The van der Waals surface area contributed by atoms with Crippen LogP contribution in [0.25, 0.3) is 0 Å². The van der Waals surface area contributed by atoms with E-state index in [-0.39, 0.29) is 5.91 Å². The zero-order chi connectivity index (χ0) is 15.1. The molecule has 1 saturated carbocycles. The molecule has 1 heterocycles. The lowest BCUT2D eigenvalue weighted by Crippen LogP contribution is -2.41. The number of likely N-dealkylation sites (N-methyl/N-ethyl adjacent to an activating group) is 1. The second-order valence-electron chi connectivity index (χ2n) is 6.05. The van der Waals surface area contributed by atoms with Crippen molar-refractivity contribution in [3.63, 3.8) is 0 Å². The molecule has 5 heteroatoms. The van der Waals surface area contributed by atoms with Crippen molar-refractivity contribution in [1.82, 2.24) is 20.1 Å². The molecule has 5 nitrogen and oxygen atoms in total. The van der Waals surface area contributed by atoms with Crippen LogP contribution in [0.15, 0.2) is 24.5 Å². The number of carbonyl (C=O) groups is 1. The number of aromatic nitrogens is 1. The Labute approximate surface area is 127 Å². The Morgan fingerprint density at radius 1 is 1.38 bits per heavy atom. The SMILES string of the molecule is CN(C)CCN(Cc1cccnc1)C(=O)CNCC1CC1. The van der Waals surface area contributed by atoms with Crippen molar-refractivity contribution in [1.29, 1.82) is 0 Å². The van der Waals surface area contributed by atoms with Crippen molar-refractivity contribution in [3.05, 3.63) is 30.1 Å². The van der Waals surface area contributed by atoms with Crippen molar-refractivity contribution in [2.75, 3.05) is 40.3 Å². The van der Waals surface area contributed by atoms with Crippen LogP contribution in [0.3, 0.4) is 0 Å². The summed E-state index contributed by atoms with van der Waals surface area (Å²) in [6.45, 7) is 3.65. The molecule has 116 valence electrons. The highest BCUT2D eigenvalue weighted by molar-refractivity contribution is 5.78. The number of hydrogen-bond donors (Lipinski definition) is 1. The van der Waals surface area contributed by atoms with Gasteiger partial charge in [-0.25, -0.2) is 0 Å². The van der Waals surface area contributed by atoms with Crippen LogP contribution in [0.5, 0.6) is 0 Å². The molecule has 0 radical (unpaired) electrons. The van der Waals surface area contributed by atoms with Crippen LogP contribution in [-0.4, -0.2) is 61.0 Å². The number of hydrogen-bond acceptors (Lipinski definition) is 4. The Morgan fingerprint density at radius 3 is 2.81 bits per heavy atom. The first-order valence-electron chi connectivity index (χ1n) is 7.67. The van der Waals surface area contributed by atoms with E-state index in [4.69, 9.17) is 0 Å². The minimum Gasteiger partial charge on any atom is -0.336 e. The molecule has 1 aliphatic carbocycles. The molecule has 0 saturated heterocycles. The number of amides is 1. The lowest BCUT2D eigenvalue weighted by molar-refractivity contribution is -0.131. The summed E-state index contributed by atoms with van der Waals surface area (Å²) in [5.74, 6) is 0.965. The molecule has 1 amide bonds. The lowest BCUT2D eigenvalue weighted by Gasteiger charge is -2.24. The van der Waals surface area contributed by atoms with Crippen LogP contribution in [0.2, 0.25) is 0 Å². The van der Waals surface area contributed by atoms with Gasteiger partial charge in [0.1, 0.15) is 0 Å². The quantitative estimate of drug-likeness (QED) is 0.736. The maximum absolute atomic E-state index is 12.4. The van der Waals surface area contributed by atoms with Crippen LogP contribution in [0.4, 0.5) is 0 Å². The molecule has 0 atom stereocenters. The third-order valence-electron chi connectivity index (χ3n) is 3.67. The Morgan fingerprint density at radius 2 is 2.19 bits per heavy atom. The third-order valence-corrected chi connectivity index (χ3v) is 3.67. The largest absolute Gasteiger partial charge is 0.336 e. The van der Waals surface area contributed by atoms with Crippen molar-refractivity contribution < 1.29 is 4.79 Å². The zero-order valence-corrected chi connectivity index (χ0v) is 13.1. The second kappa shape index (κ2) is 8.10. The van der Waals surface area contributed by atoms with E-state index in [0.29, 0.717) is 13.1 Å². The van der Waals surface area contributed by atoms with E-state index in [9.17, 15) is 4.79 Å². The van der Waals surface area contributed by atoms with E-state index >= 15 is 0 Å². The van der Waals surface area contributed by atoms with E-state index in [1.54, 1.807) is 6.20 Å². The average Bonchev–Trinajstić information content (AvgIpc) is 3.28. The van der Waals surface area contributed by atoms with Gasteiger partial charge in [-0.2, -0.15) is 0 Å². The number of nitrogens with one attached hydrogen (secondary N) is 1. The van der Waals surface area contributed by atoms with Gasteiger partial charge in [0.15, 0.2) is 0 Å².